The molecule has 0 saturated heterocycles. The third-order valence-corrected chi connectivity index (χ3v) is 5.15. The van der Waals surface area contributed by atoms with Crippen molar-refractivity contribution in [3.63, 3.8) is 0 Å². The molecule has 2 N–H and O–H groups in total. The quantitative estimate of drug-likeness (QED) is 0.438. The Morgan fingerprint density at radius 3 is 2.39 bits per heavy atom. The Morgan fingerprint density at radius 2 is 1.67 bits per heavy atom. The molecule has 170 valence electrons. The van der Waals surface area contributed by atoms with Crippen LogP contribution in [0.5, 0.6) is 5.75 Å². The van der Waals surface area contributed by atoms with Crippen LogP contribution in [0.1, 0.15) is 26.3 Å². The Bertz CT molecular complexity index is 1210. The summed E-state index contributed by atoms with van der Waals surface area (Å²) in [5.41, 5.74) is 1.56. The first-order valence-corrected chi connectivity index (χ1v) is 10.5. The first kappa shape index (κ1) is 24.1. The van der Waals surface area contributed by atoms with E-state index in [4.69, 9.17) is 32.7 Å². The molecular weight excluding hydrogens is 467 g/mol. The summed E-state index contributed by atoms with van der Waals surface area (Å²) in [6.07, 6.45) is 0. The van der Waals surface area contributed by atoms with Crippen LogP contribution in [0.2, 0.25) is 10.0 Å². The van der Waals surface area contributed by atoms with Gasteiger partial charge in [-0.15, -0.1) is 0 Å². The summed E-state index contributed by atoms with van der Waals surface area (Å²) in [4.78, 5) is 37.4. The molecule has 7 nitrogen and oxygen atoms in total. The fourth-order valence-corrected chi connectivity index (χ4v) is 3.25. The molecule has 2 amide bonds. The number of ether oxygens (including phenoxy) is 2. The monoisotopic (exact) mass is 486 g/mol. The minimum Gasteiger partial charge on any atom is -0.483 e. The lowest BCUT2D eigenvalue weighted by Gasteiger charge is -2.13. The number of para-hydroxylation sites is 1. The number of carbonyl (C=O) groups excluding carboxylic acids is 3. The number of rotatable bonds is 7. The molecule has 3 aromatic carbocycles. The van der Waals surface area contributed by atoms with E-state index >= 15 is 0 Å². The number of amides is 2. The van der Waals surface area contributed by atoms with E-state index in [1.54, 1.807) is 24.3 Å². The molecule has 0 bridgehead atoms. The molecule has 0 saturated carbocycles. The number of aryl methyl sites for hydroxylation is 1. The largest absolute Gasteiger partial charge is 0.483 e. The fraction of sp³-hybridized carbons (Fsp3) is 0.125. The lowest BCUT2D eigenvalue weighted by Crippen LogP contribution is -2.22. The van der Waals surface area contributed by atoms with Crippen LogP contribution in [0.25, 0.3) is 0 Å². The summed E-state index contributed by atoms with van der Waals surface area (Å²) in [6.45, 7) is 1.57. The van der Waals surface area contributed by atoms with E-state index in [1.165, 1.54) is 31.4 Å². The van der Waals surface area contributed by atoms with Gasteiger partial charge >= 0.3 is 5.97 Å². The van der Waals surface area contributed by atoms with E-state index in [2.05, 4.69) is 10.6 Å². The summed E-state index contributed by atoms with van der Waals surface area (Å²) in [6, 6.07) is 16.1. The molecular formula is C24H20Cl2N2O5. The highest BCUT2D eigenvalue weighted by Gasteiger charge is 2.18. The molecule has 3 aromatic rings. The van der Waals surface area contributed by atoms with Crippen LogP contribution in [0, 0.1) is 6.92 Å². The molecule has 0 fully saturated rings. The Hall–Kier alpha value is -3.55. The highest BCUT2D eigenvalue weighted by atomic mass is 35.5. The highest BCUT2D eigenvalue weighted by Crippen LogP contribution is 2.27. The van der Waals surface area contributed by atoms with Crippen LogP contribution >= 0.6 is 23.2 Å². The average Bonchev–Trinajstić information content (AvgIpc) is 2.80. The lowest BCUT2D eigenvalue weighted by molar-refractivity contribution is -0.118. The van der Waals surface area contributed by atoms with Crippen LogP contribution in [0.3, 0.4) is 0 Å². The van der Waals surface area contributed by atoms with Crippen LogP contribution in [-0.2, 0) is 9.53 Å². The van der Waals surface area contributed by atoms with Crippen LogP contribution in [0.4, 0.5) is 11.4 Å². The van der Waals surface area contributed by atoms with E-state index in [1.807, 2.05) is 19.1 Å². The van der Waals surface area contributed by atoms with Crippen molar-refractivity contribution in [2.75, 3.05) is 24.4 Å². The number of hydrogen-bond acceptors (Lipinski definition) is 5. The molecule has 3 rings (SSSR count). The normalized spacial score (nSPS) is 10.3. The van der Waals surface area contributed by atoms with E-state index in [-0.39, 0.29) is 23.4 Å². The molecule has 0 aromatic heterocycles. The number of methoxy groups -OCH3 is 1. The first-order chi connectivity index (χ1) is 15.8. The number of hydrogen-bond donors (Lipinski definition) is 2. The third kappa shape index (κ3) is 6.25. The second kappa shape index (κ2) is 10.8. The Morgan fingerprint density at radius 1 is 0.909 bits per heavy atom. The molecule has 0 spiro atoms. The van der Waals surface area contributed by atoms with E-state index in [9.17, 15) is 14.4 Å². The Kier molecular flexibility index (Phi) is 7.92. The predicted octanol–water partition coefficient (Wildman–Crippen LogP) is 5.36. The van der Waals surface area contributed by atoms with Crippen molar-refractivity contribution < 1.29 is 23.9 Å². The van der Waals surface area contributed by atoms with Gasteiger partial charge in [0, 0.05) is 10.6 Å². The summed E-state index contributed by atoms with van der Waals surface area (Å²) in [5.74, 6) is -1.14. The van der Waals surface area contributed by atoms with Gasteiger partial charge in [-0.05, 0) is 55.0 Å². The fourth-order valence-electron chi connectivity index (χ4n) is 2.91. The molecule has 0 aliphatic carbocycles. The number of nitrogens with one attached hydrogen (secondary N) is 2. The number of anilines is 2. The van der Waals surface area contributed by atoms with Gasteiger partial charge in [-0.3, -0.25) is 9.59 Å². The topological polar surface area (TPSA) is 93.7 Å². The summed E-state index contributed by atoms with van der Waals surface area (Å²) >= 11 is 12.1. The van der Waals surface area contributed by atoms with Gasteiger partial charge in [-0.1, -0.05) is 41.4 Å². The van der Waals surface area contributed by atoms with Gasteiger partial charge in [0.15, 0.2) is 6.61 Å². The van der Waals surface area contributed by atoms with Crippen molar-refractivity contribution in [2.24, 2.45) is 0 Å². The van der Waals surface area contributed by atoms with Crippen LogP contribution in [-0.4, -0.2) is 31.5 Å². The van der Waals surface area contributed by atoms with E-state index in [0.717, 1.165) is 5.56 Å². The summed E-state index contributed by atoms with van der Waals surface area (Å²) in [5, 5.41) is 5.96. The van der Waals surface area contributed by atoms with Gasteiger partial charge in [0.25, 0.3) is 11.8 Å². The number of halogens is 2. The van der Waals surface area contributed by atoms with E-state index < -0.39 is 17.8 Å². The molecule has 0 radical (unpaired) electrons. The van der Waals surface area contributed by atoms with Crippen molar-refractivity contribution in [1.82, 2.24) is 0 Å². The number of esters is 1. The molecule has 0 unspecified atom stereocenters. The standard InChI is InChI=1S/C24H20Cl2N2O5/c1-14-5-3-4-6-21(14)33-13-22(29)27-19-11-15(7-9-17(19)24(31)32-2)23(30)28-20-12-16(25)8-10-18(20)26/h3-12H,13H2,1-2H3,(H,27,29)(H,28,30). The minimum absolute atomic E-state index is 0.0825. The molecule has 0 aliphatic heterocycles. The summed E-state index contributed by atoms with van der Waals surface area (Å²) < 4.78 is 10.3. The minimum atomic E-state index is -0.671. The third-order valence-electron chi connectivity index (χ3n) is 4.59. The van der Waals surface area contributed by atoms with Crippen LogP contribution < -0.4 is 15.4 Å². The molecule has 0 heterocycles. The average molecular weight is 487 g/mol. The highest BCUT2D eigenvalue weighted by molar-refractivity contribution is 6.35. The zero-order valence-corrected chi connectivity index (χ0v) is 19.3. The van der Waals surface area contributed by atoms with Gasteiger partial charge in [0.05, 0.1) is 29.1 Å². The lowest BCUT2D eigenvalue weighted by atomic mass is 10.1. The predicted molar refractivity (Wildman–Crippen MR) is 128 cm³/mol. The molecule has 33 heavy (non-hydrogen) atoms. The second-order valence-corrected chi connectivity index (χ2v) is 7.78. The van der Waals surface area contributed by atoms with Crippen molar-refractivity contribution in [1.29, 1.82) is 0 Å². The zero-order valence-electron chi connectivity index (χ0n) is 17.8. The van der Waals surface area contributed by atoms with Gasteiger partial charge < -0.3 is 20.1 Å². The van der Waals surface area contributed by atoms with Gasteiger partial charge in [0.1, 0.15) is 5.75 Å². The smallest absolute Gasteiger partial charge is 0.339 e. The maximum atomic E-state index is 12.7. The Balaban J connectivity index is 1.80. The zero-order chi connectivity index (χ0) is 24.0. The van der Waals surface area contributed by atoms with Gasteiger partial charge in [-0.2, -0.15) is 0 Å². The second-order valence-electron chi connectivity index (χ2n) is 6.93. The van der Waals surface area contributed by atoms with Crippen molar-refractivity contribution >= 4 is 52.4 Å². The first-order valence-electron chi connectivity index (χ1n) is 9.75. The van der Waals surface area contributed by atoms with Crippen LogP contribution in [0.15, 0.2) is 60.7 Å². The maximum Gasteiger partial charge on any atom is 0.339 e. The Labute approximate surface area is 200 Å². The molecule has 0 atom stereocenters. The van der Waals surface area contributed by atoms with Crippen molar-refractivity contribution in [2.45, 2.75) is 6.92 Å². The van der Waals surface area contributed by atoms with E-state index in [0.29, 0.717) is 21.5 Å². The number of carbonyl (C=O) groups is 3. The molecule has 0 aliphatic rings. The van der Waals surface area contributed by atoms with Gasteiger partial charge in [0.2, 0.25) is 0 Å². The molecule has 9 heteroatoms. The van der Waals surface area contributed by atoms with Crippen molar-refractivity contribution in [3.8, 4) is 5.75 Å². The van der Waals surface area contributed by atoms with Gasteiger partial charge in [-0.25, -0.2) is 4.79 Å². The maximum absolute atomic E-state index is 12.7. The SMILES string of the molecule is COC(=O)c1ccc(C(=O)Nc2cc(Cl)ccc2Cl)cc1NC(=O)COc1ccccc1C. The van der Waals surface area contributed by atoms with Crippen molar-refractivity contribution in [3.05, 3.63) is 87.4 Å². The number of benzene rings is 3. The summed E-state index contributed by atoms with van der Waals surface area (Å²) in [7, 11) is 1.22.